The first-order chi connectivity index (χ1) is 13.1. The number of thiazole rings is 1. The average Bonchev–Trinajstić information content (AvgIpc) is 3.30. The molecule has 1 fully saturated rings. The summed E-state index contributed by atoms with van der Waals surface area (Å²) in [6, 6.07) is 9.40. The van der Waals surface area contributed by atoms with Gasteiger partial charge in [-0.3, -0.25) is 14.0 Å². The zero-order valence-electron chi connectivity index (χ0n) is 15.2. The molecule has 0 saturated carbocycles. The Bertz CT molecular complexity index is 955. The van der Waals surface area contributed by atoms with Crippen LogP contribution in [0.25, 0.3) is 4.96 Å². The van der Waals surface area contributed by atoms with Crippen molar-refractivity contribution in [1.29, 1.82) is 0 Å². The number of aryl methyl sites for hydroxylation is 1. The minimum absolute atomic E-state index is 0.0363. The lowest BCUT2D eigenvalue weighted by Gasteiger charge is -2.32. The molecule has 140 valence electrons. The Morgan fingerprint density at radius 3 is 2.67 bits per heavy atom. The number of hydrogen-bond acceptors (Lipinski definition) is 4. The van der Waals surface area contributed by atoms with E-state index >= 15 is 0 Å². The van der Waals surface area contributed by atoms with Gasteiger partial charge in [0.2, 0.25) is 0 Å². The highest BCUT2D eigenvalue weighted by molar-refractivity contribution is 7.19. The molecule has 0 radical (unpaired) electrons. The number of hydrogen-bond donors (Lipinski definition) is 1. The molecule has 2 aromatic heterocycles. The van der Waals surface area contributed by atoms with Crippen molar-refractivity contribution in [3.63, 3.8) is 0 Å². The third-order valence-electron chi connectivity index (χ3n) is 5.17. The van der Waals surface area contributed by atoms with Crippen LogP contribution in [0.4, 0.5) is 0 Å². The maximum Gasteiger partial charge on any atom is 0.263 e. The van der Waals surface area contributed by atoms with Crippen molar-refractivity contribution in [2.75, 3.05) is 19.6 Å². The van der Waals surface area contributed by atoms with Crippen LogP contribution in [0.15, 0.2) is 42.7 Å². The Balaban J connectivity index is 1.29. The van der Waals surface area contributed by atoms with Gasteiger partial charge >= 0.3 is 0 Å². The zero-order chi connectivity index (χ0) is 18.8. The molecule has 0 spiro atoms. The summed E-state index contributed by atoms with van der Waals surface area (Å²) >= 11 is 1.41. The van der Waals surface area contributed by atoms with Gasteiger partial charge in [0.15, 0.2) is 4.96 Å². The third kappa shape index (κ3) is 3.60. The summed E-state index contributed by atoms with van der Waals surface area (Å²) in [6.45, 7) is 4.06. The number of likely N-dealkylation sites (tertiary alicyclic amines) is 1. The fraction of sp³-hybridized carbons (Fsp3) is 0.350. The van der Waals surface area contributed by atoms with Crippen LogP contribution in [0, 0.1) is 12.8 Å². The first-order valence-electron chi connectivity index (χ1n) is 9.18. The second kappa shape index (κ2) is 7.52. The summed E-state index contributed by atoms with van der Waals surface area (Å²) in [4.78, 5) is 32.7. The third-order valence-corrected chi connectivity index (χ3v) is 6.34. The van der Waals surface area contributed by atoms with Gasteiger partial charge in [0.25, 0.3) is 11.8 Å². The molecule has 2 amide bonds. The van der Waals surface area contributed by atoms with Gasteiger partial charge in [-0.1, -0.05) is 29.5 Å². The molecule has 3 heterocycles. The molecule has 3 aromatic rings. The predicted molar refractivity (Wildman–Crippen MR) is 105 cm³/mol. The number of carbonyl (C=O) groups is 2. The SMILES string of the molecule is Cc1c(C(=O)NCC2CCN(C(=O)c3ccccc3)CC2)sc2nccn12. The summed E-state index contributed by atoms with van der Waals surface area (Å²) in [5, 5.41) is 3.06. The summed E-state index contributed by atoms with van der Waals surface area (Å²) < 4.78 is 1.94. The van der Waals surface area contributed by atoms with Crippen molar-refractivity contribution in [2.45, 2.75) is 19.8 Å². The van der Waals surface area contributed by atoms with Gasteiger partial charge in [0.05, 0.1) is 0 Å². The normalized spacial score (nSPS) is 15.2. The number of imidazole rings is 1. The molecule has 1 aromatic carbocycles. The molecule has 7 heteroatoms. The van der Waals surface area contributed by atoms with Gasteiger partial charge in [-0.25, -0.2) is 4.98 Å². The monoisotopic (exact) mass is 382 g/mol. The molecule has 0 unspecified atom stereocenters. The molecule has 27 heavy (non-hydrogen) atoms. The highest BCUT2D eigenvalue weighted by atomic mass is 32.1. The van der Waals surface area contributed by atoms with Crippen molar-refractivity contribution in [3.8, 4) is 0 Å². The molecule has 1 N–H and O–H groups in total. The summed E-state index contributed by atoms with van der Waals surface area (Å²) in [5.74, 6) is 0.458. The molecular weight excluding hydrogens is 360 g/mol. The maximum atomic E-state index is 12.5. The van der Waals surface area contributed by atoms with E-state index in [2.05, 4.69) is 10.3 Å². The Hall–Kier alpha value is -2.67. The highest BCUT2D eigenvalue weighted by Gasteiger charge is 2.24. The Morgan fingerprint density at radius 1 is 1.22 bits per heavy atom. The second-order valence-corrected chi connectivity index (χ2v) is 7.89. The molecule has 6 nitrogen and oxygen atoms in total. The minimum atomic E-state index is -0.0363. The largest absolute Gasteiger partial charge is 0.351 e. The van der Waals surface area contributed by atoms with E-state index in [1.807, 2.05) is 52.8 Å². The number of rotatable bonds is 4. The van der Waals surface area contributed by atoms with Crippen LogP contribution in [0.2, 0.25) is 0 Å². The number of nitrogens with zero attached hydrogens (tertiary/aromatic N) is 3. The quantitative estimate of drug-likeness (QED) is 0.754. The predicted octanol–water partition coefficient (Wildman–Crippen LogP) is 2.99. The van der Waals surface area contributed by atoms with Crippen molar-refractivity contribution in [2.24, 2.45) is 5.92 Å². The van der Waals surface area contributed by atoms with E-state index in [-0.39, 0.29) is 11.8 Å². The van der Waals surface area contributed by atoms with Crippen LogP contribution in [-0.2, 0) is 0 Å². The molecule has 4 rings (SSSR count). The zero-order valence-corrected chi connectivity index (χ0v) is 16.0. The smallest absolute Gasteiger partial charge is 0.263 e. The van der Waals surface area contributed by atoms with E-state index in [0.717, 1.165) is 47.0 Å². The molecular formula is C20H22N4O2S. The maximum absolute atomic E-state index is 12.5. The molecule has 0 aliphatic carbocycles. The van der Waals surface area contributed by atoms with Crippen LogP contribution in [0.5, 0.6) is 0 Å². The Kier molecular flexibility index (Phi) is 4.94. The van der Waals surface area contributed by atoms with Gasteiger partial charge in [0.1, 0.15) is 4.88 Å². The van der Waals surface area contributed by atoms with Crippen LogP contribution < -0.4 is 5.32 Å². The van der Waals surface area contributed by atoms with E-state index in [4.69, 9.17) is 0 Å². The Labute approximate surface area is 161 Å². The van der Waals surface area contributed by atoms with E-state index in [9.17, 15) is 9.59 Å². The number of piperidine rings is 1. The van der Waals surface area contributed by atoms with Gasteiger partial charge in [-0.15, -0.1) is 0 Å². The van der Waals surface area contributed by atoms with E-state index < -0.39 is 0 Å². The minimum Gasteiger partial charge on any atom is -0.351 e. The lowest BCUT2D eigenvalue weighted by Crippen LogP contribution is -2.41. The van der Waals surface area contributed by atoms with Gasteiger partial charge in [0, 0.05) is 43.3 Å². The molecule has 0 bridgehead atoms. The number of benzene rings is 1. The van der Waals surface area contributed by atoms with E-state index in [0.29, 0.717) is 12.5 Å². The van der Waals surface area contributed by atoms with Crippen molar-refractivity contribution in [3.05, 3.63) is 58.9 Å². The fourth-order valence-electron chi connectivity index (χ4n) is 3.53. The van der Waals surface area contributed by atoms with Gasteiger partial charge in [-0.2, -0.15) is 0 Å². The fourth-order valence-corrected chi connectivity index (χ4v) is 4.53. The van der Waals surface area contributed by atoms with Gasteiger partial charge < -0.3 is 10.2 Å². The number of nitrogens with one attached hydrogen (secondary N) is 1. The van der Waals surface area contributed by atoms with Crippen molar-refractivity contribution >= 4 is 28.1 Å². The number of carbonyl (C=O) groups excluding carboxylic acids is 2. The average molecular weight is 382 g/mol. The van der Waals surface area contributed by atoms with Crippen molar-refractivity contribution < 1.29 is 9.59 Å². The summed E-state index contributed by atoms with van der Waals surface area (Å²) in [7, 11) is 0. The van der Waals surface area contributed by atoms with Crippen LogP contribution >= 0.6 is 11.3 Å². The topological polar surface area (TPSA) is 66.7 Å². The first kappa shape index (κ1) is 17.7. The van der Waals surface area contributed by atoms with Crippen molar-refractivity contribution in [1.82, 2.24) is 19.6 Å². The summed E-state index contributed by atoms with van der Waals surface area (Å²) in [6.07, 6.45) is 5.43. The second-order valence-electron chi connectivity index (χ2n) is 6.91. The highest BCUT2D eigenvalue weighted by Crippen LogP contribution is 2.22. The standard InChI is InChI=1S/C20H22N4O2S/c1-14-17(27-20-21-9-12-24(14)20)18(25)22-13-15-7-10-23(11-8-15)19(26)16-5-3-2-4-6-16/h2-6,9,12,15H,7-8,10-11,13H2,1H3,(H,22,25). The lowest BCUT2D eigenvalue weighted by molar-refractivity contribution is 0.0684. The molecule has 1 aliphatic heterocycles. The molecule has 1 saturated heterocycles. The van der Waals surface area contributed by atoms with Crippen LogP contribution in [0.1, 0.15) is 38.6 Å². The van der Waals surface area contributed by atoms with Gasteiger partial charge in [-0.05, 0) is 37.8 Å². The number of fused-ring (bicyclic) bond motifs is 1. The van der Waals surface area contributed by atoms with E-state index in [1.165, 1.54) is 11.3 Å². The number of aromatic nitrogens is 2. The lowest BCUT2D eigenvalue weighted by atomic mass is 9.96. The van der Waals surface area contributed by atoms with Crippen LogP contribution in [-0.4, -0.2) is 45.7 Å². The Morgan fingerprint density at radius 2 is 1.96 bits per heavy atom. The first-order valence-corrected chi connectivity index (χ1v) is 10.00. The van der Waals surface area contributed by atoms with Crippen LogP contribution in [0.3, 0.4) is 0 Å². The number of amides is 2. The van der Waals surface area contributed by atoms with E-state index in [1.54, 1.807) is 6.20 Å². The molecule has 0 atom stereocenters. The molecule has 1 aliphatic rings. The summed E-state index contributed by atoms with van der Waals surface area (Å²) in [5.41, 5.74) is 1.66.